The van der Waals surface area contributed by atoms with Crippen LogP contribution in [0.1, 0.15) is 26.7 Å². The molecule has 0 aromatic rings. The highest BCUT2D eigenvalue weighted by molar-refractivity contribution is 9.09. The third kappa shape index (κ3) is 3.15. The molecule has 0 saturated heterocycles. The lowest BCUT2D eigenvalue weighted by Gasteiger charge is -2.27. The van der Waals surface area contributed by atoms with Crippen molar-refractivity contribution in [2.75, 3.05) is 25.0 Å². The van der Waals surface area contributed by atoms with E-state index in [1.165, 1.54) is 4.31 Å². The molecule has 0 radical (unpaired) electrons. The third-order valence-corrected chi connectivity index (χ3v) is 5.18. The summed E-state index contributed by atoms with van der Waals surface area (Å²) in [6, 6.07) is 0.244. The summed E-state index contributed by atoms with van der Waals surface area (Å²) in [6.45, 7) is 5.42. The smallest absolute Gasteiger partial charge is 0.195 e. The van der Waals surface area contributed by atoms with Crippen LogP contribution in [-0.2, 0) is 10.2 Å². The average Bonchev–Trinajstić information content (AvgIpc) is 2.98. The van der Waals surface area contributed by atoms with Gasteiger partial charge in [-0.2, -0.15) is 17.0 Å². The zero-order chi connectivity index (χ0) is 11.5. The van der Waals surface area contributed by atoms with E-state index < -0.39 is 10.2 Å². The van der Waals surface area contributed by atoms with E-state index in [9.17, 15) is 8.42 Å². The zero-order valence-electron chi connectivity index (χ0n) is 9.32. The van der Waals surface area contributed by atoms with Crippen molar-refractivity contribution in [2.24, 2.45) is 0 Å². The van der Waals surface area contributed by atoms with Gasteiger partial charge in [-0.3, -0.25) is 0 Å². The van der Waals surface area contributed by atoms with Gasteiger partial charge in [0.15, 0.2) is 0 Å². The van der Waals surface area contributed by atoms with E-state index in [0.29, 0.717) is 25.0 Å². The van der Waals surface area contributed by atoms with Gasteiger partial charge in [-0.1, -0.05) is 29.8 Å². The molecule has 1 aliphatic carbocycles. The quantitative estimate of drug-likeness (QED) is 0.667. The van der Waals surface area contributed by atoms with Gasteiger partial charge >= 0.3 is 0 Å². The maximum Gasteiger partial charge on any atom is 0.282 e. The molecule has 0 bridgehead atoms. The van der Waals surface area contributed by atoms with Crippen LogP contribution >= 0.6 is 15.9 Å². The second kappa shape index (κ2) is 5.61. The summed E-state index contributed by atoms with van der Waals surface area (Å²) >= 11 is 3.31. The van der Waals surface area contributed by atoms with Gasteiger partial charge in [0, 0.05) is 31.0 Å². The highest BCUT2D eigenvalue weighted by Crippen LogP contribution is 2.30. The van der Waals surface area contributed by atoms with Crippen molar-refractivity contribution in [3.8, 4) is 0 Å². The predicted molar refractivity (Wildman–Crippen MR) is 65.4 cm³/mol. The van der Waals surface area contributed by atoms with E-state index >= 15 is 0 Å². The molecule has 1 rings (SSSR count). The van der Waals surface area contributed by atoms with Crippen molar-refractivity contribution in [3.63, 3.8) is 0 Å². The van der Waals surface area contributed by atoms with Gasteiger partial charge < -0.3 is 0 Å². The number of halogens is 1. The molecule has 90 valence electrons. The van der Waals surface area contributed by atoms with Crippen LogP contribution in [0, 0.1) is 0 Å². The minimum Gasteiger partial charge on any atom is -0.195 e. The Balaban J connectivity index is 2.79. The summed E-state index contributed by atoms with van der Waals surface area (Å²) in [5.74, 6) is 0. The minimum atomic E-state index is -3.23. The van der Waals surface area contributed by atoms with E-state index in [2.05, 4.69) is 15.9 Å². The van der Waals surface area contributed by atoms with Crippen LogP contribution in [0.4, 0.5) is 0 Å². The number of nitrogens with zero attached hydrogens (tertiary/aromatic N) is 2. The fourth-order valence-corrected chi connectivity index (χ4v) is 4.11. The first kappa shape index (κ1) is 13.4. The fourth-order valence-electron chi connectivity index (χ4n) is 1.63. The molecule has 1 aliphatic rings. The minimum absolute atomic E-state index is 0.244. The SMILES string of the molecule is CCN(CC)S(=O)(=O)N(CCBr)C1CC1. The molecular formula is C9H19BrN2O2S. The van der Waals surface area contributed by atoms with Crippen molar-refractivity contribution in [1.82, 2.24) is 8.61 Å². The number of alkyl halides is 1. The first-order valence-electron chi connectivity index (χ1n) is 5.40. The predicted octanol–water partition coefficient (Wildman–Crippen LogP) is 1.43. The summed E-state index contributed by atoms with van der Waals surface area (Å²) in [5, 5.41) is 0.698. The topological polar surface area (TPSA) is 40.6 Å². The number of rotatable bonds is 7. The Morgan fingerprint density at radius 2 is 1.80 bits per heavy atom. The van der Waals surface area contributed by atoms with E-state index in [1.54, 1.807) is 4.31 Å². The molecule has 0 heterocycles. The van der Waals surface area contributed by atoms with Crippen LogP contribution in [0.3, 0.4) is 0 Å². The van der Waals surface area contributed by atoms with E-state index in [-0.39, 0.29) is 6.04 Å². The van der Waals surface area contributed by atoms with Crippen LogP contribution in [0.15, 0.2) is 0 Å². The molecule has 4 nitrogen and oxygen atoms in total. The molecule has 0 amide bonds. The van der Waals surface area contributed by atoms with Crippen molar-refractivity contribution in [1.29, 1.82) is 0 Å². The second-order valence-corrected chi connectivity index (χ2v) is 6.30. The Bertz CT molecular complexity index is 286. The second-order valence-electron chi connectivity index (χ2n) is 3.62. The summed E-state index contributed by atoms with van der Waals surface area (Å²) in [6.07, 6.45) is 2.01. The largest absolute Gasteiger partial charge is 0.282 e. The fraction of sp³-hybridized carbons (Fsp3) is 1.00. The van der Waals surface area contributed by atoms with E-state index in [0.717, 1.165) is 12.8 Å². The van der Waals surface area contributed by atoms with Gasteiger partial charge in [0.2, 0.25) is 0 Å². The van der Waals surface area contributed by atoms with Gasteiger partial charge in [-0.05, 0) is 12.8 Å². The van der Waals surface area contributed by atoms with Crippen molar-refractivity contribution in [2.45, 2.75) is 32.7 Å². The van der Waals surface area contributed by atoms with Crippen molar-refractivity contribution >= 4 is 26.1 Å². The van der Waals surface area contributed by atoms with Crippen LogP contribution in [0.2, 0.25) is 0 Å². The molecule has 0 unspecified atom stereocenters. The molecule has 0 aromatic heterocycles. The Morgan fingerprint density at radius 1 is 1.27 bits per heavy atom. The normalized spacial score (nSPS) is 17.7. The van der Waals surface area contributed by atoms with Gasteiger partial charge in [-0.15, -0.1) is 0 Å². The molecule has 6 heteroatoms. The molecule has 15 heavy (non-hydrogen) atoms. The van der Waals surface area contributed by atoms with Gasteiger partial charge in [0.1, 0.15) is 0 Å². The molecule has 0 aromatic carbocycles. The lowest BCUT2D eigenvalue weighted by Crippen LogP contribution is -2.45. The monoisotopic (exact) mass is 298 g/mol. The van der Waals surface area contributed by atoms with Crippen LogP contribution < -0.4 is 0 Å². The number of hydrogen-bond donors (Lipinski definition) is 0. The van der Waals surface area contributed by atoms with Gasteiger partial charge in [0.05, 0.1) is 0 Å². The first-order valence-corrected chi connectivity index (χ1v) is 7.92. The van der Waals surface area contributed by atoms with Crippen molar-refractivity contribution < 1.29 is 8.42 Å². The Hall–Kier alpha value is 0.350. The van der Waals surface area contributed by atoms with Gasteiger partial charge in [0.25, 0.3) is 10.2 Å². The Morgan fingerprint density at radius 3 is 2.13 bits per heavy atom. The molecule has 0 spiro atoms. The van der Waals surface area contributed by atoms with E-state index in [1.807, 2.05) is 13.8 Å². The highest BCUT2D eigenvalue weighted by Gasteiger charge is 2.38. The van der Waals surface area contributed by atoms with Crippen molar-refractivity contribution in [3.05, 3.63) is 0 Å². The standard InChI is InChI=1S/C9H19BrN2O2S/c1-3-11(4-2)15(13,14)12(8-7-10)9-5-6-9/h9H,3-8H2,1-2H3. The maximum absolute atomic E-state index is 12.2. The average molecular weight is 299 g/mol. The Labute approximate surface area is 101 Å². The summed E-state index contributed by atoms with van der Waals surface area (Å²) in [7, 11) is -3.23. The Kier molecular flexibility index (Phi) is 5.02. The molecule has 0 N–H and O–H groups in total. The van der Waals surface area contributed by atoms with Crippen LogP contribution in [-0.4, -0.2) is 48.0 Å². The van der Waals surface area contributed by atoms with Crippen LogP contribution in [0.25, 0.3) is 0 Å². The third-order valence-electron chi connectivity index (χ3n) is 2.59. The van der Waals surface area contributed by atoms with Crippen LogP contribution in [0.5, 0.6) is 0 Å². The first-order chi connectivity index (χ1) is 7.07. The highest BCUT2D eigenvalue weighted by atomic mass is 79.9. The van der Waals surface area contributed by atoms with E-state index in [4.69, 9.17) is 0 Å². The van der Waals surface area contributed by atoms with Gasteiger partial charge in [-0.25, -0.2) is 0 Å². The maximum atomic E-state index is 12.2. The summed E-state index contributed by atoms with van der Waals surface area (Å²) in [5.41, 5.74) is 0. The molecule has 0 aliphatic heterocycles. The summed E-state index contributed by atoms with van der Waals surface area (Å²) in [4.78, 5) is 0. The molecule has 1 fully saturated rings. The lowest BCUT2D eigenvalue weighted by molar-refractivity contribution is 0.353. The number of hydrogen-bond acceptors (Lipinski definition) is 2. The zero-order valence-corrected chi connectivity index (χ0v) is 11.7. The molecule has 0 atom stereocenters. The molecular weight excluding hydrogens is 280 g/mol. The summed E-state index contributed by atoms with van der Waals surface area (Å²) < 4.78 is 27.5. The lowest BCUT2D eigenvalue weighted by atomic mass is 10.6. The molecule has 1 saturated carbocycles.